The van der Waals surface area contributed by atoms with E-state index in [4.69, 9.17) is 25.8 Å². The molecule has 1 saturated carbocycles. The lowest BCUT2D eigenvalue weighted by atomic mass is 9.59. The molecule has 0 radical (unpaired) electrons. The number of benzene rings is 2. The maximum absolute atomic E-state index is 12.9. The number of hydrogen-bond acceptors (Lipinski definition) is 7. The van der Waals surface area contributed by atoms with Gasteiger partial charge >= 0.3 is 5.97 Å². The van der Waals surface area contributed by atoms with Gasteiger partial charge in [-0.1, -0.05) is 31.5 Å². The van der Waals surface area contributed by atoms with Crippen molar-refractivity contribution in [2.45, 2.75) is 94.8 Å². The van der Waals surface area contributed by atoms with Gasteiger partial charge in [-0.05, 0) is 143 Å². The highest BCUT2D eigenvalue weighted by atomic mass is 35.5. The smallest absolute Gasteiger partial charge is 0.329 e. The number of aromatic nitrogens is 1. The fourth-order valence-electron chi connectivity index (χ4n) is 8.98. The Morgan fingerprint density at radius 2 is 1.92 bits per heavy atom. The van der Waals surface area contributed by atoms with Gasteiger partial charge in [-0.15, -0.1) is 0 Å². The highest BCUT2D eigenvalue weighted by molar-refractivity contribution is 6.30. The first kappa shape index (κ1) is 33.0. The van der Waals surface area contributed by atoms with Crippen molar-refractivity contribution in [3.8, 4) is 17.2 Å². The van der Waals surface area contributed by atoms with Crippen LogP contribution in [-0.4, -0.2) is 60.0 Å². The molecule has 1 fully saturated rings. The van der Waals surface area contributed by atoms with Crippen LogP contribution in [0.1, 0.15) is 87.1 Å². The van der Waals surface area contributed by atoms with Crippen molar-refractivity contribution >= 4 is 23.3 Å². The lowest BCUT2D eigenvalue weighted by Gasteiger charge is -2.47. The first-order valence-electron chi connectivity index (χ1n) is 17.6. The number of nitrogens with zero attached hydrogens (tertiary/aromatic N) is 2. The summed E-state index contributed by atoms with van der Waals surface area (Å²) in [5, 5.41) is 14.6. The molecule has 3 aliphatic carbocycles. The van der Waals surface area contributed by atoms with Gasteiger partial charge in [0.15, 0.2) is 11.5 Å². The Bertz CT molecular complexity index is 1670. The van der Waals surface area contributed by atoms with Gasteiger partial charge in [-0.3, -0.25) is 4.98 Å². The molecule has 1 aromatic heterocycles. The molecule has 2 heterocycles. The number of nitrogens with one attached hydrogen (secondary N) is 1. The number of carbonyl (C=O) groups is 1. The number of ether oxygens (including phenoxy) is 3. The minimum atomic E-state index is -1.07. The van der Waals surface area contributed by atoms with Crippen molar-refractivity contribution in [3.05, 3.63) is 76.1 Å². The summed E-state index contributed by atoms with van der Waals surface area (Å²) in [7, 11) is 4.02. The summed E-state index contributed by atoms with van der Waals surface area (Å²) in [5.74, 6) is 2.88. The monoisotopic (exact) mass is 673 g/mol. The molecule has 3 aromatic rings. The van der Waals surface area contributed by atoms with Gasteiger partial charge in [0.2, 0.25) is 0 Å². The van der Waals surface area contributed by atoms with Gasteiger partial charge in [-0.25, -0.2) is 4.79 Å². The van der Waals surface area contributed by atoms with E-state index < -0.39 is 11.5 Å². The number of rotatable bonds is 10. The SMILES string of the molecule is C[C@@H](COc1ccnc2c1[C@H](C)CCC2)CC1Cc2cc3c(cc2C12CCC(Nc1cccc(Cl)c1)(C(=O)O)CC2)OC(CN(C)C)O3. The van der Waals surface area contributed by atoms with Crippen molar-refractivity contribution < 1.29 is 24.1 Å². The second kappa shape index (κ2) is 13.1. The van der Waals surface area contributed by atoms with Crippen molar-refractivity contribution in [3.63, 3.8) is 0 Å². The molecule has 2 unspecified atom stereocenters. The molecular weight excluding hydrogens is 626 g/mol. The molecule has 1 spiro atoms. The third-order valence-electron chi connectivity index (χ3n) is 11.4. The van der Waals surface area contributed by atoms with Crippen LogP contribution < -0.4 is 19.5 Å². The van der Waals surface area contributed by atoms with Crippen LogP contribution in [0, 0.1) is 11.8 Å². The van der Waals surface area contributed by atoms with Crippen LogP contribution >= 0.6 is 11.6 Å². The van der Waals surface area contributed by atoms with Crippen molar-refractivity contribution in [1.29, 1.82) is 0 Å². The summed E-state index contributed by atoms with van der Waals surface area (Å²) in [6.45, 7) is 5.87. The van der Waals surface area contributed by atoms with Gasteiger partial charge in [0.1, 0.15) is 11.3 Å². The zero-order valence-electron chi connectivity index (χ0n) is 28.6. The first-order valence-corrected chi connectivity index (χ1v) is 18.0. The van der Waals surface area contributed by atoms with Crippen LogP contribution in [0.15, 0.2) is 48.7 Å². The van der Waals surface area contributed by atoms with Crippen LogP contribution in [0.25, 0.3) is 0 Å². The van der Waals surface area contributed by atoms with E-state index in [1.165, 1.54) is 35.2 Å². The van der Waals surface area contributed by atoms with Crippen LogP contribution in [-0.2, 0) is 23.1 Å². The van der Waals surface area contributed by atoms with Crippen LogP contribution in [0.4, 0.5) is 5.69 Å². The molecule has 0 saturated heterocycles. The molecular formula is C39H48ClN3O5. The molecule has 256 valence electrons. The predicted molar refractivity (Wildman–Crippen MR) is 188 cm³/mol. The fraction of sp³-hybridized carbons (Fsp3) is 0.538. The number of anilines is 1. The Labute approximate surface area is 289 Å². The van der Waals surface area contributed by atoms with Gasteiger partial charge in [0.05, 0.1) is 13.2 Å². The van der Waals surface area contributed by atoms with E-state index in [1.54, 1.807) is 12.1 Å². The van der Waals surface area contributed by atoms with Crippen molar-refractivity contribution in [2.75, 3.05) is 32.6 Å². The first-order chi connectivity index (χ1) is 23.0. The summed E-state index contributed by atoms with van der Waals surface area (Å²) in [4.78, 5) is 19.7. The van der Waals surface area contributed by atoms with Gasteiger partial charge < -0.3 is 29.5 Å². The second-order valence-corrected chi connectivity index (χ2v) is 15.5. The zero-order chi connectivity index (χ0) is 33.6. The maximum Gasteiger partial charge on any atom is 0.329 e. The van der Waals surface area contributed by atoms with E-state index in [9.17, 15) is 9.90 Å². The molecule has 4 aliphatic rings. The normalized spacial score (nSPS) is 27.8. The number of carboxylic acids is 1. The van der Waals surface area contributed by atoms with E-state index in [0.29, 0.717) is 48.8 Å². The van der Waals surface area contributed by atoms with E-state index >= 15 is 0 Å². The minimum absolute atomic E-state index is 0.166. The Morgan fingerprint density at radius 1 is 1.15 bits per heavy atom. The number of hydrogen-bond donors (Lipinski definition) is 2. The van der Waals surface area contributed by atoms with Crippen molar-refractivity contribution in [1.82, 2.24) is 9.88 Å². The number of likely N-dealkylation sites (N-methyl/N-ethyl adjacent to an activating group) is 1. The highest BCUT2D eigenvalue weighted by Crippen LogP contribution is 2.58. The van der Waals surface area contributed by atoms with Gasteiger partial charge in [0, 0.05) is 28.2 Å². The summed E-state index contributed by atoms with van der Waals surface area (Å²) < 4.78 is 19.1. The average molecular weight is 674 g/mol. The second-order valence-electron chi connectivity index (χ2n) is 15.1. The third kappa shape index (κ3) is 6.22. The molecule has 2 N–H and O–H groups in total. The number of halogens is 1. The number of fused-ring (bicyclic) bond motifs is 4. The molecule has 4 atom stereocenters. The highest BCUT2D eigenvalue weighted by Gasteiger charge is 2.54. The molecule has 8 nitrogen and oxygen atoms in total. The Kier molecular flexibility index (Phi) is 9.01. The van der Waals surface area contributed by atoms with Crippen molar-refractivity contribution in [2.24, 2.45) is 11.8 Å². The Balaban J connectivity index is 1.14. The lowest BCUT2D eigenvalue weighted by Crippen LogP contribution is -2.53. The van der Waals surface area contributed by atoms with Gasteiger partial charge in [-0.2, -0.15) is 0 Å². The summed E-state index contributed by atoms with van der Waals surface area (Å²) in [6, 6.07) is 13.8. The van der Waals surface area contributed by atoms with E-state index in [2.05, 4.69) is 41.2 Å². The number of aliphatic carboxylic acids is 1. The van der Waals surface area contributed by atoms with E-state index in [1.807, 2.05) is 38.5 Å². The Morgan fingerprint density at radius 3 is 2.65 bits per heavy atom. The molecule has 0 amide bonds. The fourth-order valence-corrected chi connectivity index (χ4v) is 9.17. The number of aryl methyl sites for hydroxylation is 1. The topological polar surface area (TPSA) is 93.2 Å². The predicted octanol–water partition coefficient (Wildman–Crippen LogP) is 7.86. The van der Waals surface area contributed by atoms with Gasteiger partial charge in [0.25, 0.3) is 6.29 Å². The molecule has 48 heavy (non-hydrogen) atoms. The summed E-state index contributed by atoms with van der Waals surface area (Å²) in [5.41, 5.74) is 4.56. The van der Waals surface area contributed by atoms with E-state index in [-0.39, 0.29) is 11.7 Å². The quantitative estimate of drug-likeness (QED) is 0.225. The molecule has 1 aliphatic heterocycles. The standard InChI is InChI=1S/C39H48ClN3O5/c1-24(23-46-32-11-16-41-31-10-5-7-25(2)36(31)32)17-27-18-26-19-33-34(48-35(47-33)22-43(3)4)21-30(26)38(27)12-14-39(15-13-38,37(44)45)42-29-9-6-8-28(40)20-29/h6,8-9,11,16,19-21,24-25,27,35,42H,5,7,10,12-15,17-18,22-23H2,1-4H3,(H,44,45)/t24-,25-,27?,35?,38?,39?/m1/s1. The third-order valence-corrected chi connectivity index (χ3v) is 11.6. The number of pyridine rings is 1. The lowest BCUT2D eigenvalue weighted by molar-refractivity contribution is -0.144. The molecule has 2 aromatic carbocycles. The molecule has 0 bridgehead atoms. The van der Waals surface area contributed by atoms with Crippen LogP contribution in [0.2, 0.25) is 5.02 Å². The maximum atomic E-state index is 12.9. The average Bonchev–Trinajstić information content (AvgIpc) is 3.56. The van der Waals surface area contributed by atoms with Crippen LogP contribution in [0.5, 0.6) is 17.2 Å². The molecule has 9 heteroatoms. The summed E-state index contributed by atoms with van der Waals surface area (Å²) >= 11 is 6.28. The Hall–Kier alpha value is -3.49. The number of carboxylic acid groups (broad SMARTS) is 1. The zero-order valence-corrected chi connectivity index (χ0v) is 29.3. The minimum Gasteiger partial charge on any atom is -0.493 e. The van der Waals surface area contributed by atoms with E-state index in [0.717, 1.165) is 55.0 Å². The molecule has 7 rings (SSSR count). The largest absolute Gasteiger partial charge is 0.493 e. The van der Waals surface area contributed by atoms with Crippen LogP contribution in [0.3, 0.4) is 0 Å². The summed E-state index contributed by atoms with van der Waals surface area (Å²) in [6.07, 6.45) is 9.37.